The molecule has 1 aliphatic rings. The van der Waals surface area contributed by atoms with Crippen LogP contribution in [-0.4, -0.2) is 47.3 Å². The standard InChI is InChI=1S/C19H31N3OS/c1-3-20-19(22-16-10-11-18(13-16)24-4-2)21-14-17(23)12-15-8-6-5-7-9-15/h5-9,16-18,23H,3-4,10-14H2,1-2H3,(H2,20,21,22). The fraction of sp³-hybridized carbons (Fsp3) is 0.632. The minimum Gasteiger partial charge on any atom is -0.391 e. The van der Waals surface area contributed by atoms with Gasteiger partial charge in [0.25, 0.3) is 0 Å². The lowest BCUT2D eigenvalue weighted by Gasteiger charge is -2.18. The summed E-state index contributed by atoms with van der Waals surface area (Å²) in [6.45, 7) is 5.55. The number of nitrogens with zero attached hydrogens (tertiary/aromatic N) is 1. The summed E-state index contributed by atoms with van der Waals surface area (Å²) in [6, 6.07) is 10.6. The summed E-state index contributed by atoms with van der Waals surface area (Å²) in [5.41, 5.74) is 1.15. The molecule has 0 heterocycles. The van der Waals surface area contributed by atoms with Crippen molar-refractivity contribution < 1.29 is 5.11 Å². The first-order valence-electron chi connectivity index (χ1n) is 9.09. The van der Waals surface area contributed by atoms with Gasteiger partial charge in [-0.3, -0.25) is 4.99 Å². The minimum absolute atomic E-state index is 0.421. The number of hydrogen-bond donors (Lipinski definition) is 3. The molecular weight excluding hydrogens is 318 g/mol. The molecule has 24 heavy (non-hydrogen) atoms. The molecule has 0 radical (unpaired) electrons. The smallest absolute Gasteiger partial charge is 0.191 e. The molecule has 2 rings (SSSR count). The quantitative estimate of drug-likeness (QED) is 0.499. The van der Waals surface area contributed by atoms with Crippen LogP contribution in [0.2, 0.25) is 0 Å². The fourth-order valence-corrected chi connectivity index (χ4v) is 4.26. The molecule has 4 nitrogen and oxygen atoms in total. The summed E-state index contributed by atoms with van der Waals surface area (Å²) in [6.07, 6.45) is 3.88. The van der Waals surface area contributed by atoms with Gasteiger partial charge in [-0.25, -0.2) is 0 Å². The summed E-state index contributed by atoms with van der Waals surface area (Å²) in [7, 11) is 0. The average Bonchev–Trinajstić information content (AvgIpc) is 3.01. The number of aliphatic hydroxyl groups is 1. The van der Waals surface area contributed by atoms with Crippen molar-refractivity contribution in [3.8, 4) is 0 Å². The molecule has 1 aliphatic carbocycles. The monoisotopic (exact) mass is 349 g/mol. The van der Waals surface area contributed by atoms with Crippen LogP contribution in [0.25, 0.3) is 0 Å². The Morgan fingerprint density at radius 3 is 2.79 bits per heavy atom. The fourth-order valence-electron chi connectivity index (χ4n) is 3.12. The molecule has 3 atom stereocenters. The highest BCUT2D eigenvalue weighted by atomic mass is 32.2. The molecule has 0 amide bonds. The van der Waals surface area contributed by atoms with Crippen molar-refractivity contribution in [2.45, 2.75) is 56.9 Å². The van der Waals surface area contributed by atoms with Crippen LogP contribution in [0.5, 0.6) is 0 Å². The van der Waals surface area contributed by atoms with Gasteiger partial charge >= 0.3 is 0 Å². The summed E-state index contributed by atoms with van der Waals surface area (Å²) < 4.78 is 0. The van der Waals surface area contributed by atoms with Gasteiger partial charge in [0.05, 0.1) is 12.6 Å². The van der Waals surface area contributed by atoms with Gasteiger partial charge in [0.2, 0.25) is 0 Å². The summed E-state index contributed by atoms with van der Waals surface area (Å²) >= 11 is 2.06. The Morgan fingerprint density at radius 1 is 1.29 bits per heavy atom. The number of thioether (sulfide) groups is 1. The Labute approximate surface area is 150 Å². The zero-order chi connectivity index (χ0) is 17.2. The van der Waals surface area contributed by atoms with Crippen molar-refractivity contribution in [1.82, 2.24) is 10.6 Å². The van der Waals surface area contributed by atoms with Gasteiger partial charge in [-0.05, 0) is 37.5 Å². The van der Waals surface area contributed by atoms with Gasteiger partial charge in [0.15, 0.2) is 5.96 Å². The Bertz CT molecular complexity index is 495. The predicted octanol–water partition coefficient (Wildman–Crippen LogP) is 2.82. The molecule has 1 fully saturated rings. The minimum atomic E-state index is -0.449. The van der Waals surface area contributed by atoms with Crippen LogP contribution < -0.4 is 10.6 Å². The molecule has 3 N–H and O–H groups in total. The number of aliphatic hydroxyl groups excluding tert-OH is 1. The zero-order valence-corrected chi connectivity index (χ0v) is 15.7. The molecule has 0 spiro atoms. The molecule has 3 unspecified atom stereocenters. The van der Waals surface area contributed by atoms with Crippen molar-refractivity contribution in [3.05, 3.63) is 35.9 Å². The second kappa shape index (κ2) is 10.6. The molecular formula is C19H31N3OS. The van der Waals surface area contributed by atoms with Gasteiger partial charge in [-0.15, -0.1) is 0 Å². The molecule has 0 bridgehead atoms. The topological polar surface area (TPSA) is 56.7 Å². The highest BCUT2D eigenvalue weighted by Crippen LogP contribution is 2.29. The van der Waals surface area contributed by atoms with Crippen LogP contribution in [0.1, 0.15) is 38.7 Å². The van der Waals surface area contributed by atoms with E-state index in [9.17, 15) is 5.11 Å². The van der Waals surface area contributed by atoms with Crippen molar-refractivity contribution in [3.63, 3.8) is 0 Å². The number of rotatable bonds is 8. The van der Waals surface area contributed by atoms with Crippen LogP contribution >= 0.6 is 11.8 Å². The number of aliphatic imine (C=N–C) groups is 1. The lowest BCUT2D eigenvalue weighted by atomic mass is 10.1. The second-order valence-electron chi connectivity index (χ2n) is 6.29. The SMILES string of the molecule is CCNC(=NCC(O)Cc1ccccc1)NC1CCC(SCC)C1. The normalized spacial score (nSPS) is 22.4. The third-order valence-electron chi connectivity index (χ3n) is 4.25. The van der Waals surface area contributed by atoms with Crippen LogP contribution in [0.4, 0.5) is 0 Å². The highest BCUT2D eigenvalue weighted by molar-refractivity contribution is 7.99. The van der Waals surface area contributed by atoms with E-state index in [1.165, 1.54) is 25.0 Å². The van der Waals surface area contributed by atoms with Gasteiger partial charge in [-0.2, -0.15) is 11.8 Å². The van der Waals surface area contributed by atoms with E-state index in [4.69, 9.17) is 0 Å². The van der Waals surface area contributed by atoms with E-state index in [2.05, 4.69) is 41.2 Å². The van der Waals surface area contributed by atoms with Crippen molar-refractivity contribution in [2.75, 3.05) is 18.8 Å². The molecule has 1 aromatic carbocycles. The van der Waals surface area contributed by atoms with E-state index in [-0.39, 0.29) is 0 Å². The highest BCUT2D eigenvalue weighted by Gasteiger charge is 2.25. The Morgan fingerprint density at radius 2 is 2.08 bits per heavy atom. The van der Waals surface area contributed by atoms with Gasteiger partial charge in [-0.1, -0.05) is 37.3 Å². The molecule has 5 heteroatoms. The van der Waals surface area contributed by atoms with Crippen molar-refractivity contribution >= 4 is 17.7 Å². The summed E-state index contributed by atoms with van der Waals surface area (Å²) in [5.74, 6) is 2.02. The van der Waals surface area contributed by atoms with Gasteiger partial charge in [0.1, 0.15) is 0 Å². The van der Waals surface area contributed by atoms with Crippen molar-refractivity contribution in [1.29, 1.82) is 0 Å². The third-order valence-corrected chi connectivity index (χ3v) is 5.48. The molecule has 0 aromatic heterocycles. The lowest BCUT2D eigenvalue weighted by molar-refractivity contribution is 0.183. The van der Waals surface area contributed by atoms with Crippen LogP contribution in [0, 0.1) is 0 Å². The van der Waals surface area contributed by atoms with E-state index in [1.54, 1.807) is 0 Å². The summed E-state index contributed by atoms with van der Waals surface area (Å²) in [5, 5.41) is 17.8. The largest absolute Gasteiger partial charge is 0.391 e. The van der Waals surface area contributed by atoms with E-state index in [0.717, 1.165) is 23.3 Å². The Hall–Kier alpha value is -1.20. The second-order valence-corrected chi connectivity index (χ2v) is 7.87. The van der Waals surface area contributed by atoms with E-state index in [0.29, 0.717) is 19.0 Å². The molecule has 0 saturated heterocycles. The van der Waals surface area contributed by atoms with Crippen LogP contribution in [0.15, 0.2) is 35.3 Å². The molecule has 1 saturated carbocycles. The summed E-state index contributed by atoms with van der Waals surface area (Å²) in [4.78, 5) is 4.58. The maximum absolute atomic E-state index is 10.2. The van der Waals surface area contributed by atoms with E-state index < -0.39 is 6.10 Å². The maximum atomic E-state index is 10.2. The zero-order valence-electron chi connectivity index (χ0n) is 14.9. The van der Waals surface area contributed by atoms with E-state index >= 15 is 0 Å². The Kier molecular flexibility index (Phi) is 8.47. The number of nitrogens with one attached hydrogen (secondary N) is 2. The van der Waals surface area contributed by atoms with Gasteiger partial charge in [0, 0.05) is 24.3 Å². The first kappa shape index (κ1) is 19.1. The Balaban J connectivity index is 1.81. The third kappa shape index (κ3) is 6.73. The number of benzene rings is 1. The molecule has 134 valence electrons. The van der Waals surface area contributed by atoms with E-state index in [1.807, 2.05) is 30.3 Å². The lowest BCUT2D eigenvalue weighted by Crippen LogP contribution is -2.43. The first-order valence-corrected chi connectivity index (χ1v) is 10.1. The molecule has 1 aromatic rings. The van der Waals surface area contributed by atoms with Gasteiger partial charge < -0.3 is 15.7 Å². The number of hydrogen-bond acceptors (Lipinski definition) is 3. The first-order chi connectivity index (χ1) is 11.7. The molecule has 0 aliphatic heterocycles. The number of guanidine groups is 1. The maximum Gasteiger partial charge on any atom is 0.191 e. The van der Waals surface area contributed by atoms with Crippen LogP contribution in [0.3, 0.4) is 0 Å². The van der Waals surface area contributed by atoms with Crippen molar-refractivity contribution in [2.24, 2.45) is 4.99 Å². The predicted molar refractivity (Wildman–Crippen MR) is 105 cm³/mol. The average molecular weight is 350 g/mol. The van der Waals surface area contributed by atoms with Crippen LogP contribution in [-0.2, 0) is 6.42 Å².